The van der Waals surface area contributed by atoms with Crippen LogP contribution in [0.5, 0.6) is 0 Å². The summed E-state index contributed by atoms with van der Waals surface area (Å²) < 4.78 is 79.6. The molecule has 0 nitrogen and oxygen atoms in total. The first kappa shape index (κ1) is 42.8. The Bertz CT molecular complexity index is 2450. The van der Waals surface area contributed by atoms with Crippen molar-refractivity contribution < 1.29 is 52.2 Å². The molecule has 8 aromatic rings. The zero-order valence-corrected chi connectivity index (χ0v) is 36.6. The molecule has 1 aliphatic rings. The van der Waals surface area contributed by atoms with Gasteiger partial charge in [-0.2, -0.15) is 67.9 Å². The molecule has 0 N–H and O–H groups in total. The second-order valence-corrected chi connectivity index (χ2v) is 15.3. The second-order valence-electron chi connectivity index (χ2n) is 14.1. The van der Waals surface area contributed by atoms with Gasteiger partial charge in [-0.3, -0.25) is 0 Å². The molecule has 0 saturated carbocycles. The molecule has 0 unspecified atom stereocenters. The molecule has 0 saturated heterocycles. The van der Waals surface area contributed by atoms with Gasteiger partial charge in [0.15, 0.2) is 0 Å². The van der Waals surface area contributed by atoms with E-state index in [-0.39, 0.29) is 37.0 Å². The van der Waals surface area contributed by atoms with Crippen molar-refractivity contribution in [3.63, 3.8) is 0 Å². The second kappa shape index (κ2) is 18.4. The summed E-state index contributed by atoms with van der Waals surface area (Å²) >= 11 is 0. The largest absolute Gasteiger partial charge is 0.416 e. The first-order valence-corrected chi connectivity index (χ1v) is 20.0. The number of benzene rings is 6. The van der Waals surface area contributed by atoms with Crippen molar-refractivity contribution in [3.8, 4) is 33.4 Å². The number of alkyl halides is 6. The monoisotopic (exact) mass is 961 g/mol. The Morgan fingerprint density at radius 2 is 0.931 bits per heavy atom. The van der Waals surface area contributed by atoms with Crippen molar-refractivity contribution >= 4 is 41.4 Å². The summed E-state index contributed by atoms with van der Waals surface area (Å²) in [4.78, 5) is 0. The van der Waals surface area contributed by atoms with Gasteiger partial charge >= 0.3 is 12.4 Å². The van der Waals surface area contributed by atoms with Crippen LogP contribution in [0.15, 0.2) is 152 Å². The minimum absolute atomic E-state index is 0. The number of aryl methyl sites for hydroxylation is 2. The molecule has 1 aliphatic heterocycles. The topological polar surface area (TPSA) is 0 Å². The number of hydrogen-bond acceptors (Lipinski definition) is 0. The average Bonchev–Trinajstić information content (AvgIpc) is 3.93. The van der Waals surface area contributed by atoms with Crippen molar-refractivity contribution in [1.82, 2.24) is 0 Å². The van der Waals surface area contributed by atoms with Crippen molar-refractivity contribution in [2.75, 3.05) is 0 Å². The maximum Gasteiger partial charge on any atom is 0.416 e. The Morgan fingerprint density at radius 1 is 0.500 bits per heavy atom. The molecule has 1 heterocycles. The van der Waals surface area contributed by atoms with E-state index in [4.69, 9.17) is 0 Å². The molecule has 0 fully saturated rings. The molecular weight excluding hydrogens is 921 g/mol. The normalized spacial score (nSPS) is 11.9. The van der Waals surface area contributed by atoms with E-state index in [9.17, 15) is 26.3 Å². The third kappa shape index (κ3) is 9.40. The van der Waals surface area contributed by atoms with Crippen LogP contribution in [0.1, 0.15) is 48.9 Å². The Morgan fingerprint density at radius 3 is 1.41 bits per heavy atom. The maximum atomic E-state index is 13.3. The van der Waals surface area contributed by atoms with E-state index in [0.717, 1.165) is 68.9 Å². The molecule has 8 aromatic carbocycles. The van der Waals surface area contributed by atoms with Crippen LogP contribution in [0, 0.1) is 6.07 Å². The Kier molecular flexibility index (Phi) is 13.6. The summed E-state index contributed by atoms with van der Waals surface area (Å²) in [6.45, 7) is 4.19. The van der Waals surface area contributed by atoms with E-state index in [1.807, 2.05) is 42.5 Å². The summed E-state index contributed by atoms with van der Waals surface area (Å²) in [7, 11) is 0.795. The Hall–Kier alpha value is -4.79. The summed E-state index contributed by atoms with van der Waals surface area (Å²) in [5.41, 5.74) is 5.73. The van der Waals surface area contributed by atoms with E-state index in [0.29, 0.717) is 11.1 Å². The molecule has 0 aromatic heterocycles. The van der Waals surface area contributed by atoms with Gasteiger partial charge < -0.3 is 0 Å². The summed E-state index contributed by atoms with van der Waals surface area (Å²) in [5, 5.41) is 6.60. The number of rotatable bonds is 6. The van der Waals surface area contributed by atoms with Crippen LogP contribution in [-0.4, -0.2) is 9.52 Å². The van der Waals surface area contributed by atoms with Gasteiger partial charge in [-0.1, -0.05) is 121 Å². The van der Waals surface area contributed by atoms with Gasteiger partial charge in [0.1, 0.15) is 0 Å². The van der Waals surface area contributed by atoms with Gasteiger partial charge in [0, 0.05) is 25.8 Å². The fourth-order valence-electron chi connectivity index (χ4n) is 7.59. The fraction of sp³-hybridized carbons (Fsp3) is 0.160. The molecule has 8 heteroatoms. The third-order valence-corrected chi connectivity index (χ3v) is 11.4. The SMILES string of the molecule is CCCc1cc2c(-c3ccccc3C(F)(F)F)cccc2[cH-]1.CCCc1cc2c(-c3ccccc3C(F)(F)F)cccc2[cH-]1.[Hf].[c-]1cccc2c1[Si]c1ccccc1-2. The summed E-state index contributed by atoms with van der Waals surface area (Å²) in [6.07, 6.45) is -4.78. The van der Waals surface area contributed by atoms with Crippen molar-refractivity contribution in [2.24, 2.45) is 0 Å². The number of hydrogen-bond donors (Lipinski definition) is 0. The van der Waals surface area contributed by atoms with Crippen LogP contribution in [0.3, 0.4) is 0 Å². The summed E-state index contributed by atoms with van der Waals surface area (Å²) in [5.74, 6) is 0. The van der Waals surface area contributed by atoms with Crippen molar-refractivity contribution in [3.05, 3.63) is 180 Å². The van der Waals surface area contributed by atoms with Crippen LogP contribution in [0.2, 0.25) is 0 Å². The standard InChI is InChI=1S/2C19H16F3.C12H7Si.Hf/c2*1-2-6-13-11-14-7-5-9-15(17(14)12-13)16-8-3-4-10-18(16)19(20,21)22;1-3-7-11-9(5-1)10-6-2-4-8-12(10)13-11;/h2*3-5,7-12H,2,6H2,1H3;1-7H;/q3*-1;. The molecule has 0 amide bonds. The molecular formula is C50H39F6HfSi-3. The first-order valence-electron chi connectivity index (χ1n) is 19.0. The molecule has 0 aliphatic carbocycles. The van der Waals surface area contributed by atoms with E-state index >= 15 is 0 Å². The fourth-order valence-corrected chi connectivity index (χ4v) is 8.90. The third-order valence-electron chi connectivity index (χ3n) is 10.1. The van der Waals surface area contributed by atoms with Gasteiger partial charge in [-0.05, 0) is 36.1 Å². The van der Waals surface area contributed by atoms with Gasteiger partial charge in [0.2, 0.25) is 0 Å². The van der Waals surface area contributed by atoms with Crippen LogP contribution < -0.4 is 10.4 Å². The molecule has 2 radical (unpaired) electrons. The van der Waals surface area contributed by atoms with Crippen LogP contribution in [0.4, 0.5) is 26.3 Å². The van der Waals surface area contributed by atoms with E-state index in [1.54, 1.807) is 36.4 Å². The molecule has 9 rings (SSSR count). The van der Waals surface area contributed by atoms with Gasteiger partial charge in [0.25, 0.3) is 0 Å². The molecule has 0 bridgehead atoms. The quantitative estimate of drug-likeness (QED) is 0.0885. The van der Waals surface area contributed by atoms with Crippen molar-refractivity contribution in [2.45, 2.75) is 51.9 Å². The summed E-state index contributed by atoms with van der Waals surface area (Å²) in [6, 6.07) is 49.0. The van der Waals surface area contributed by atoms with Crippen LogP contribution >= 0.6 is 0 Å². The number of fused-ring (bicyclic) bond motifs is 5. The predicted molar refractivity (Wildman–Crippen MR) is 224 cm³/mol. The van der Waals surface area contributed by atoms with Gasteiger partial charge in [-0.15, -0.1) is 74.6 Å². The van der Waals surface area contributed by atoms with Crippen LogP contribution in [-0.2, 0) is 51.0 Å². The molecule has 292 valence electrons. The average molecular weight is 960 g/mol. The minimum Gasteiger partial charge on any atom is -0.184 e. The van der Waals surface area contributed by atoms with Gasteiger partial charge in [-0.25, -0.2) is 0 Å². The van der Waals surface area contributed by atoms with Crippen LogP contribution in [0.25, 0.3) is 54.9 Å². The Labute approximate surface area is 356 Å². The smallest absolute Gasteiger partial charge is 0.184 e. The zero-order chi connectivity index (χ0) is 40.2. The zero-order valence-electron chi connectivity index (χ0n) is 32.0. The van der Waals surface area contributed by atoms with E-state index < -0.39 is 23.5 Å². The Balaban J connectivity index is 0.000000150. The van der Waals surface area contributed by atoms with Gasteiger partial charge in [0.05, 0.1) is 20.6 Å². The predicted octanol–water partition coefficient (Wildman–Crippen LogP) is 13.5. The number of halogens is 6. The van der Waals surface area contributed by atoms with Crippen molar-refractivity contribution in [1.29, 1.82) is 0 Å². The van der Waals surface area contributed by atoms with E-state index in [2.05, 4.69) is 68.4 Å². The maximum absolute atomic E-state index is 13.3. The molecule has 0 spiro atoms. The molecule has 58 heavy (non-hydrogen) atoms. The van der Waals surface area contributed by atoms with E-state index in [1.165, 1.54) is 44.8 Å². The molecule has 0 atom stereocenters. The minimum atomic E-state index is -4.35. The first-order chi connectivity index (χ1) is 27.5.